The molecule has 3 heteroatoms. The van der Waals surface area contributed by atoms with Crippen LogP contribution in [-0.4, -0.2) is 0 Å². The minimum atomic E-state index is 1.12. The Bertz CT molecular complexity index is 3050. The quantitative estimate of drug-likeness (QED) is 0.152. The van der Waals surface area contributed by atoms with E-state index in [1.165, 1.54) is 64.0 Å². The van der Waals surface area contributed by atoms with Crippen LogP contribution in [0.4, 0.5) is 34.1 Å². The van der Waals surface area contributed by atoms with Crippen molar-refractivity contribution in [3.8, 4) is 22.3 Å². The molecule has 278 valence electrons. The van der Waals surface area contributed by atoms with Crippen LogP contribution < -0.4 is 9.80 Å². The lowest BCUT2D eigenvalue weighted by atomic mass is 10.00. The van der Waals surface area contributed by atoms with E-state index in [0.717, 1.165) is 34.1 Å². The normalized spacial score (nSPS) is 11.4. The van der Waals surface area contributed by atoms with Gasteiger partial charge in [-0.25, -0.2) is 0 Å². The van der Waals surface area contributed by atoms with Gasteiger partial charge < -0.3 is 9.80 Å². The van der Waals surface area contributed by atoms with E-state index < -0.39 is 0 Å². The van der Waals surface area contributed by atoms with Gasteiger partial charge in [0.25, 0.3) is 0 Å². The molecular weight excluding hydrogens is 733 g/mol. The average molecular weight is 771 g/mol. The first-order valence-corrected chi connectivity index (χ1v) is 20.9. The summed E-state index contributed by atoms with van der Waals surface area (Å²) in [5.74, 6) is 0. The van der Waals surface area contributed by atoms with Crippen LogP contribution in [0.25, 0.3) is 64.0 Å². The fourth-order valence-electron chi connectivity index (χ4n) is 8.58. The minimum absolute atomic E-state index is 1.12. The molecule has 0 radical (unpaired) electrons. The van der Waals surface area contributed by atoms with Gasteiger partial charge in [-0.3, -0.25) is 0 Å². The van der Waals surface area contributed by atoms with Crippen molar-refractivity contribution in [2.75, 3.05) is 9.80 Å². The van der Waals surface area contributed by atoms with E-state index in [9.17, 15) is 0 Å². The van der Waals surface area contributed by atoms with Gasteiger partial charge in [-0.15, -0.1) is 11.3 Å². The molecule has 0 atom stereocenters. The summed E-state index contributed by atoms with van der Waals surface area (Å²) in [6.07, 6.45) is 0. The van der Waals surface area contributed by atoms with Crippen LogP contribution in [0.3, 0.4) is 0 Å². The third kappa shape index (κ3) is 6.39. The average Bonchev–Trinajstić information content (AvgIpc) is 3.65. The molecule has 11 aromatic rings. The highest BCUT2D eigenvalue weighted by Crippen LogP contribution is 2.45. The Balaban J connectivity index is 1.05. The predicted molar refractivity (Wildman–Crippen MR) is 255 cm³/mol. The van der Waals surface area contributed by atoms with Gasteiger partial charge >= 0.3 is 0 Å². The molecule has 11 rings (SSSR count). The third-order valence-corrected chi connectivity index (χ3v) is 12.5. The van der Waals surface area contributed by atoms with Crippen molar-refractivity contribution in [3.63, 3.8) is 0 Å². The lowest BCUT2D eigenvalue weighted by Gasteiger charge is -2.28. The molecule has 0 saturated carbocycles. The topological polar surface area (TPSA) is 6.48 Å². The Morgan fingerprint density at radius 3 is 1.07 bits per heavy atom. The van der Waals surface area contributed by atoms with E-state index in [2.05, 4.69) is 240 Å². The molecule has 1 heterocycles. The number of nitrogens with zero attached hydrogens (tertiary/aromatic N) is 2. The maximum Gasteiger partial charge on any atom is 0.0540 e. The zero-order valence-electron chi connectivity index (χ0n) is 32.2. The standard InChI is InChI=1S/C56H38N2S/c1-5-17-39(18-6-1)49-25-13-15-27-53(49)57(45-21-9-3-10-22-45)47-31-29-41-37-55-51(35-43(41)33-47)52-36-44-34-48(32-30-42(44)38-56(52)59-55)58(46-23-11-4-12-24-46)54-28-16-14-26-50(54)40-19-7-2-8-20-40/h1-38H. The number of hydrogen-bond donors (Lipinski definition) is 0. The van der Waals surface area contributed by atoms with Crippen molar-refractivity contribution < 1.29 is 0 Å². The Hall–Kier alpha value is -7.46. The van der Waals surface area contributed by atoms with E-state index in [0.29, 0.717) is 0 Å². The molecule has 10 aromatic carbocycles. The van der Waals surface area contributed by atoms with Crippen LogP contribution in [0.1, 0.15) is 0 Å². The van der Waals surface area contributed by atoms with Gasteiger partial charge in [-0.1, -0.05) is 146 Å². The van der Waals surface area contributed by atoms with Crippen molar-refractivity contribution in [1.82, 2.24) is 0 Å². The number of rotatable bonds is 8. The monoisotopic (exact) mass is 770 g/mol. The second kappa shape index (κ2) is 14.8. The molecule has 0 N–H and O–H groups in total. The van der Waals surface area contributed by atoms with E-state index in [1.807, 2.05) is 11.3 Å². The summed E-state index contributed by atoms with van der Waals surface area (Å²) in [5.41, 5.74) is 11.5. The van der Waals surface area contributed by atoms with Gasteiger partial charge in [0, 0.05) is 54.0 Å². The Morgan fingerprint density at radius 1 is 0.271 bits per heavy atom. The molecule has 0 bridgehead atoms. The van der Waals surface area contributed by atoms with E-state index in [1.54, 1.807) is 0 Å². The lowest BCUT2D eigenvalue weighted by Crippen LogP contribution is -2.11. The molecule has 0 amide bonds. The molecule has 0 unspecified atom stereocenters. The van der Waals surface area contributed by atoms with Crippen LogP contribution in [0.5, 0.6) is 0 Å². The maximum atomic E-state index is 2.40. The Kier molecular flexibility index (Phi) is 8.72. The zero-order valence-corrected chi connectivity index (χ0v) is 33.1. The minimum Gasteiger partial charge on any atom is -0.310 e. The van der Waals surface area contributed by atoms with Crippen molar-refractivity contribution >= 4 is 87.2 Å². The summed E-state index contributed by atoms with van der Waals surface area (Å²) in [5, 5.41) is 7.47. The smallest absolute Gasteiger partial charge is 0.0540 e. The highest BCUT2D eigenvalue weighted by molar-refractivity contribution is 7.26. The summed E-state index contributed by atoms with van der Waals surface area (Å²) in [4.78, 5) is 4.78. The number of hydrogen-bond acceptors (Lipinski definition) is 3. The molecule has 2 nitrogen and oxygen atoms in total. The molecule has 0 aliphatic heterocycles. The predicted octanol–water partition coefficient (Wildman–Crippen LogP) is 16.6. The highest BCUT2D eigenvalue weighted by atomic mass is 32.1. The van der Waals surface area contributed by atoms with Gasteiger partial charge in [-0.2, -0.15) is 0 Å². The summed E-state index contributed by atoms with van der Waals surface area (Å²) < 4.78 is 2.60. The van der Waals surface area contributed by atoms with Gasteiger partial charge in [0.15, 0.2) is 0 Å². The number of anilines is 6. The van der Waals surface area contributed by atoms with Crippen molar-refractivity contribution in [2.24, 2.45) is 0 Å². The van der Waals surface area contributed by atoms with Gasteiger partial charge in [-0.05, 0) is 118 Å². The van der Waals surface area contributed by atoms with E-state index in [-0.39, 0.29) is 0 Å². The molecule has 0 saturated heterocycles. The first-order chi connectivity index (χ1) is 29.2. The van der Waals surface area contributed by atoms with Crippen LogP contribution in [0, 0.1) is 0 Å². The van der Waals surface area contributed by atoms with Crippen LogP contribution in [-0.2, 0) is 0 Å². The highest BCUT2D eigenvalue weighted by Gasteiger charge is 2.20. The largest absolute Gasteiger partial charge is 0.310 e. The summed E-state index contributed by atoms with van der Waals surface area (Å²) in [6, 6.07) is 83.6. The molecule has 0 aliphatic rings. The second-order valence-electron chi connectivity index (χ2n) is 15.0. The van der Waals surface area contributed by atoms with Crippen LogP contribution in [0.15, 0.2) is 231 Å². The van der Waals surface area contributed by atoms with Gasteiger partial charge in [0.1, 0.15) is 0 Å². The fraction of sp³-hybridized carbons (Fsp3) is 0. The number of para-hydroxylation sites is 4. The van der Waals surface area contributed by atoms with Gasteiger partial charge in [0.2, 0.25) is 0 Å². The summed E-state index contributed by atoms with van der Waals surface area (Å²) in [6.45, 7) is 0. The second-order valence-corrected chi connectivity index (χ2v) is 16.1. The lowest BCUT2D eigenvalue weighted by molar-refractivity contribution is 1.29. The number of benzene rings is 10. The molecule has 59 heavy (non-hydrogen) atoms. The van der Waals surface area contributed by atoms with Crippen molar-refractivity contribution in [2.45, 2.75) is 0 Å². The molecule has 0 fully saturated rings. The molecular formula is C56H38N2S. The zero-order chi connectivity index (χ0) is 39.1. The maximum absolute atomic E-state index is 2.40. The SMILES string of the molecule is c1ccc(-c2ccccc2N(c2ccccc2)c2ccc3cc4sc5cc6ccc(N(c7ccccc7)c7ccccc7-c7ccccc7)cc6cc5c4cc3c2)cc1. The number of fused-ring (bicyclic) bond motifs is 5. The summed E-state index contributed by atoms with van der Waals surface area (Å²) in [7, 11) is 0. The molecule has 0 spiro atoms. The van der Waals surface area contributed by atoms with E-state index in [4.69, 9.17) is 0 Å². The summed E-state index contributed by atoms with van der Waals surface area (Å²) >= 11 is 1.88. The van der Waals surface area contributed by atoms with Crippen molar-refractivity contribution in [1.29, 1.82) is 0 Å². The van der Waals surface area contributed by atoms with E-state index >= 15 is 0 Å². The Morgan fingerprint density at radius 2 is 0.644 bits per heavy atom. The molecule has 1 aromatic heterocycles. The van der Waals surface area contributed by atoms with Crippen LogP contribution in [0.2, 0.25) is 0 Å². The fourth-order valence-corrected chi connectivity index (χ4v) is 9.75. The number of thiophene rings is 1. The van der Waals surface area contributed by atoms with Crippen molar-refractivity contribution in [3.05, 3.63) is 231 Å². The third-order valence-electron chi connectivity index (χ3n) is 11.4. The Labute approximate surface area is 348 Å². The first kappa shape index (κ1) is 34.8. The first-order valence-electron chi connectivity index (χ1n) is 20.1. The van der Waals surface area contributed by atoms with Crippen LogP contribution >= 0.6 is 11.3 Å². The molecule has 0 aliphatic carbocycles. The van der Waals surface area contributed by atoms with Gasteiger partial charge in [0.05, 0.1) is 11.4 Å².